The van der Waals surface area contributed by atoms with E-state index in [1.54, 1.807) is 19.6 Å². The molecule has 2 N–H and O–H groups in total. The molecule has 2 aromatic heterocycles. The highest BCUT2D eigenvalue weighted by atomic mass is 32.2. The fraction of sp³-hybridized carbons (Fsp3) is 0.364. The molecule has 1 aliphatic heterocycles. The van der Waals surface area contributed by atoms with Crippen molar-refractivity contribution in [2.24, 2.45) is 0 Å². The van der Waals surface area contributed by atoms with E-state index in [0.29, 0.717) is 23.1 Å². The maximum Gasteiger partial charge on any atom is 0.238 e. The molecule has 3 heterocycles. The first kappa shape index (κ1) is 22.3. The van der Waals surface area contributed by atoms with Gasteiger partial charge in [-0.05, 0) is 49.7 Å². The van der Waals surface area contributed by atoms with Crippen LogP contribution in [-0.4, -0.2) is 75.6 Å². The molecular weight excluding hydrogens is 428 g/mol. The van der Waals surface area contributed by atoms with E-state index in [4.69, 9.17) is 9.47 Å². The molecule has 1 aromatic carbocycles. The number of hydrogen-bond donors (Lipinski definition) is 2. The summed E-state index contributed by atoms with van der Waals surface area (Å²) >= 11 is 0. The summed E-state index contributed by atoms with van der Waals surface area (Å²) in [5.41, 5.74) is 3.05. The molecule has 1 saturated heterocycles. The third-order valence-corrected chi connectivity index (χ3v) is 5.92. The molecule has 3 atom stereocenters. The Morgan fingerprint density at radius 3 is 2.75 bits per heavy atom. The molecule has 1 aliphatic rings. The number of benzene rings is 1. The third-order valence-electron chi connectivity index (χ3n) is 5.26. The first-order valence-corrected chi connectivity index (χ1v) is 12.3. The highest BCUT2D eigenvalue weighted by molar-refractivity contribution is 8.00. The summed E-state index contributed by atoms with van der Waals surface area (Å²) in [5, 5.41) is 4.22. The number of ether oxygens (including phenoxy) is 2. The zero-order valence-corrected chi connectivity index (χ0v) is 19.5. The molecule has 0 amide bonds. The Bertz CT molecular complexity index is 1230. The summed E-state index contributed by atoms with van der Waals surface area (Å²) in [6, 6.07) is 7.48. The molecule has 0 spiro atoms. The van der Waals surface area contributed by atoms with E-state index in [2.05, 4.69) is 35.8 Å². The average molecular weight is 457 g/mol. The van der Waals surface area contributed by atoms with Crippen LogP contribution in [-0.2, 0) is 14.4 Å². The summed E-state index contributed by atoms with van der Waals surface area (Å²) in [4.78, 5) is 15.5. The minimum atomic E-state index is -2.40. The van der Waals surface area contributed by atoms with Crippen LogP contribution in [0.2, 0.25) is 0 Å². The minimum absolute atomic E-state index is 0.0233. The third kappa shape index (κ3) is 4.93. The smallest absolute Gasteiger partial charge is 0.238 e. The second-order valence-electron chi connectivity index (χ2n) is 8.15. The van der Waals surface area contributed by atoms with E-state index in [0.717, 1.165) is 29.6 Å². The number of aryl methyl sites for hydroxylation is 1. The Hall–Kier alpha value is -2.95. The van der Waals surface area contributed by atoms with Gasteiger partial charge in [-0.1, -0.05) is 0 Å². The number of pyridine rings is 1. The largest absolute Gasteiger partial charge is 0.469 e. The van der Waals surface area contributed by atoms with Crippen LogP contribution in [0.25, 0.3) is 10.9 Å². The van der Waals surface area contributed by atoms with Gasteiger partial charge in [-0.15, -0.1) is 0 Å². The first-order valence-electron chi connectivity index (χ1n) is 10.2. The molecule has 0 aliphatic carbocycles. The van der Waals surface area contributed by atoms with Gasteiger partial charge in [-0.25, -0.2) is 19.2 Å². The van der Waals surface area contributed by atoms with Crippen LogP contribution in [0.1, 0.15) is 5.56 Å². The molecule has 4 rings (SSSR count). The predicted molar refractivity (Wildman–Crippen MR) is 129 cm³/mol. The van der Waals surface area contributed by atoms with Gasteiger partial charge in [-0.3, -0.25) is 4.90 Å². The zero-order chi connectivity index (χ0) is 22.9. The van der Waals surface area contributed by atoms with Gasteiger partial charge in [0.05, 0.1) is 5.52 Å². The number of likely N-dealkylation sites (N-methyl/N-ethyl adjacent to an activating group) is 1. The van der Waals surface area contributed by atoms with E-state index in [1.165, 1.54) is 6.33 Å². The molecule has 0 radical (unpaired) electrons. The number of nitrogens with one attached hydrogen (secondary N) is 2. The SMILES string of the molecule is C=S(C)(=O)Nc1cc(C)c2c(Nc3cccnc3OC3CN(C)CC3OC)ncnc2c1. The van der Waals surface area contributed by atoms with Gasteiger partial charge in [0.1, 0.15) is 30.0 Å². The van der Waals surface area contributed by atoms with E-state index in [1.807, 2.05) is 38.2 Å². The van der Waals surface area contributed by atoms with Crippen LogP contribution < -0.4 is 14.8 Å². The fourth-order valence-electron chi connectivity index (χ4n) is 3.91. The normalized spacial score (nSPS) is 20.8. The molecule has 3 aromatic rings. The molecule has 10 heteroatoms. The lowest BCUT2D eigenvalue weighted by atomic mass is 10.1. The van der Waals surface area contributed by atoms with Crippen LogP contribution in [0.4, 0.5) is 17.2 Å². The number of likely N-dealkylation sites (tertiary alicyclic amines) is 1. The Morgan fingerprint density at radius 2 is 2.00 bits per heavy atom. The van der Waals surface area contributed by atoms with Crippen LogP contribution in [0.15, 0.2) is 36.8 Å². The summed E-state index contributed by atoms with van der Waals surface area (Å²) in [7, 11) is 1.34. The highest BCUT2D eigenvalue weighted by Gasteiger charge is 2.33. The van der Waals surface area contributed by atoms with Crippen LogP contribution in [0.5, 0.6) is 5.88 Å². The lowest BCUT2D eigenvalue weighted by Crippen LogP contribution is -2.32. The minimum Gasteiger partial charge on any atom is -0.469 e. The summed E-state index contributed by atoms with van der Waals surface area (Å²) < 4.78 is 26.8. The van der Waals surface area contributed by atoms with Crippen molar-refractivity contribution in [2.75, 3.05) is 43.5 Å². The van der Waals surface area contributed by atoms with Crippen LogP contribution in [0.3, 0.4) is 0 Å². The number of hydrogen-bond acceptors (Lipinski definition) is 8. The molecular formula is C22H28N6O3S. The van der Waals surface area contributed by atoms with Gasteiger partial charge < -0.3 is 19.5 Å². The molecule has 32 heavy (non-hydrogen) atoms. The Balaban J connectivity index is 1.66. The second-order valence-corrected chi connectivity index (χ2v) is 10.4. The second kappa shape index (κ2) is 8.89. The van der Waals surface area contributed by atoms with E-state index >= 15 is 0 Å². The average Bonchev–Trinajstić information content (AvgIpc) is 3.07. The lowest BCUT2D eigenvalue weighted by molar-refractivity contribution is 0.0325. The highest BCUT2D eigenvalue weighted by Crippen LogP contribution is 2.32. The van der Waals surface area contributed by atoms with Crippen molar-refractivity contribution in [2.45, 2.75) is 19.1 Å². The number of fused-ring (bicyclic) bond motifs is 1. The van der Waals surface area contributed by atoms with E-state index < -0.39 is 9.71 Å². The van der Waals surface area contributed by atoms with Crippen molar-refractivity contribution in [3.05, 3.63) is 42.4 Å². The Labute approximate surface area is 188 Å². The molecule has 170 valence electrons. The number of aromatic nitrogens is 3. The van der Waals surface area contributed by atoms with Gasteiger partial charge in [0, 0.05) is 53.4 Å². The number of methoxy groups -OCH3 is 1. The fourth-order valence-corrected chi connectivity index (χ4v) is 4.53. The van der Waals surface area contributed by atoms with Gasteiger partial charge in [-0.2, -0.15) is 0 Å². The Morgan fingerprint density at radius 1 is 1.22 bits per heavy atom. The number of nitrogens with zero attached hydrogens (tertiary/aromatic N) is 4. The van der Waals surface area contributed by atoms with Crippen molar-refractivity contribution in [3.63, 3.8) is 0 Å². The van der Waals surface area contributed by atoms with Gasteiger partial charge >= 0.3 is 0 Å². The predicted octanol–water partition coefficient (Wildman–Crippen LogP) is 2.46. The summed E-state index contributed by atoms with van der Waals surface area (Å²) in [5.74, 6) is 4.78. The summed E-state index contributed by atoms with van der Waals surface area (Å²) in [6.07, 6.45) is 4.60. The first-order chi connectivity index (χ1) is 15.2. The van der Waals surface area contributed by atoms with E-state index in [9.17, 15) is 4.21 Å². The maximum absolute atomic E-state index is 12.1. The number of anilines is 3. The standard InChI is InChI=1S/C22H28N6O3S/c1-14-9-15(27-32(4,5)29)10-17-20(14)21(25-13-24-17)26-16-7-6-8-23-22(16)31-19-12-28(2)11-18(19)30-3/h6-10,13,18-19H,4,11-12H2,1-3,5H3,(H,27,29)(H,24,25,26). The molecule has 9 nitrogen and oxygen atoms in total. The van der Waals surface area contributed by atoms with Crippen molar-refractivity contribution in [1.82, 2.24) is 19.9 Å². The van der Waals surface area contributed by atoms with Crippen molar-refractivity contribution >= 4 is 43.7 Å². The molecule has 0 saturated carbocycles. The lowest BCUT2D eigenvalue weighted by Gasteiger charge is -2.20. The number of rotatable bonds is 7. The molecule has 1 fully saturated rings. The maximum atomic E-state index is 12.1. The van der Waals surface area contributed by atoms with Crippen molar-refractivity contribution in [1.29, 1.82) is 0 Å². The quantitative estimate of drug-likeness (QED) is 0.523. The van der Waals surface area contributed by atoms with Gasteiger partial charge in [0.2, 0.25) is 5.88 Å². The summed E-state index contributed by atoms with van der Waals surface area (Å²) in [6.45, 7) is 3.52. The topological polar surface area (TPSA) is 102 Å². The molecule has 3 unspecified atom stereocenters. The van der Waals surface area contributed by atoms with Gasteiger partial charge in [0.15, 0.2) is 0 Å². The van der Waals surface area contributed by atoms with Gasteiger partial charge in [0.25, 0.3) is 0 Å². The Kier molecular flexibility index (Phi) is 6.18. The zero-order valence-electron chi connectivity index (χ0n) is 18.7. The van der Waals surface area contributed by atoms with Crippen molar-refractivity contribution in [3.8, 4) is 5.88 Å². The van der Waals surface area contributed by atoms with E-state index in [-0.39, 0.29) is 12.2 Å². The van der Waals surface area contributed by atoms with Crippen LogP contribution in [0, 0.1) is 6.92 Å². The van der Waals surface area contributed by atoms with Crippen LogP contribution >= 0.6 is 0 Å². The van der Waals surface area contributed by atoms with Crippen molar-refractivity contribution < 1.29 is 13.7 Å². The monoisotopic (exact) mass is 456 g/mol. The molecule has 0 bridgehead atoms.